The summed E-state index contributed by atoms with van der Waals surface area (Å²) in [6.07, 6.45) is 0. The van der Waals surface area contributed by atoms with Gasteiger partial charge in [-0.25, -0.2) is 0 Å². The average Bonchev–Trinajstić information content (AvgIpc) is 2.62. The lowest BCUT2D eigenvalue weighted by Crippen LogP contribution is -2.48. The van der Waals surface area contributed by atoms with Crippen LogP contribution in [0.25, 0.3) is 5.57 Å². The highest BCUT2D eigenvalue weighted by atomic mass is 35.5. The van der Waals surface area contributed by atoms with E-state index in [2.05, 4.69) is 0 Å². The third kappa shape index (κ3) is 3.67. The van der Waals surface area contributed by atoms with Gasteiger partial charge < -0.3 is 10.8 Å². The van der Waals surface area contributed by atoms with Crippen molar-refractivity contribution in [3.8, 4) is 0 Å². The van der Waals surface area contributed by atoms with E-state index < -0.39 is 11.0 Å². The summed E-state index contributed by atoms with van der Waals surface area (Å²) in [6.45, 7) is 7.97. The third-order valence-electron chi connectivity index (χ3n) is 5.21. The van der Waals surface area contributed by atoms with E-state index >= 15 is 0 Å². The van der Waals surface area contributed by atoms with Gasteiger partial charge in [0.2, 0.25) is 0 Å². The fourth-order valence-electron chi connectivity index (χ4n) is 3.19. The maximum absolute atomic E-state index is 12.0. The van der Waals surface area contributed by atoms with E-state index in [1.54, 1.807) is 18.2 Å². The Morgan fingerprint density at radius 3 is 2.12 bits per heavy atom. The summed E-state index contributed by atoms with van der Waals surface area (Å²) < 4.78 is 0. The molecule has 26 heavy (non-hydrogen) atoms. The van der Waals surface area contributed by atoms with Crippen molar-refractivity contribution in [1.82, 2.24) is 0 Å². The maximum Gasteiger partial charge on any atom is 0.119 e. The Balaban J connectivity index is 2.78. The maximum atomic E-state index is 12.0. The van der Waals surface area contributed by atoms with Gasteiger partial charge in [-0.1, -0.05) is 72.9 Å². The monoisotopic (exact) mass is 411 g/mol. The molecule has 2 rings (SSSR count). The Kier molecular flexibility index (Phi) is 6.48. The number of aliphatic hydroxyl groups is 1. The van der Waals surface area contributed by atoms with Crippen molar-refractivity contribution < 1.29 is 5.11 Å². The number of hydrogen-bond acceptors (Lipinski definition) is 2. The van der Waals surface area contributed by atoms with Crippen LogP contribution >= 0.6 is 34.8 Å². The summed E-state index contributed by atoms with van der Waals surface area (Å²) in [5, 5.41) is 13.4. The molecule has 2 nitrogen and oxygen atoms in total. The molecule has 0 spiro atoms. The minimum Gasteiger partial charge on any atom is -0.380 e. The number of benzene rings is 2. The van der Waals surface area contributed by atoms with Gasteiger partial charge in [0.05, 0.1) is 10.0 Å². The molecule has 0 fully saturated rings. The average molecular weight is 413 g/mol. The molecule has 0 aliphatic rings. The van der Waals surface area contributed by atoms with Crippen LogP contribution < -0.4 is 5.73 Å². The molecule has 140 valence electrons. The molecule has 0 bridgehead atoms. The standard InChI is InChI=1S/C21H24Cl3NO/c1-13(15-8-10-16(22)11-9-15)14(2)21(26,20(3,4)12-25)17-6-5-7-18(23)19(17)24/h5-11,26H,12,25H2,1-4H3. The van der Waals surface area contributed by atoms with E-state index in [0.29, 0.717) is 20.6 Å². The normalized spacial score (nSPS) is 15.4. The molecule has 0 heterocycles. The fraction of sp³-hybridized carbons (Fsp3) is 0.333. The second-order valence-corrected chi connectivity index (χ2v) is 8.38. The van der Waals surface area contributed by atoms with Crippen molar-refractivity contribution in [1.29, 1.82) is 0 Å². The molecule has 0 saturated carbocycles. The summed E-state index contributed by atoms with van der Waals surface area (Å²) in [6, 6.07) is 12.8. The van der Waals surface area contributed by atoms with Gasteiger partial charge in [0.15, 0.2) is 0 Å². The first-order valence-corrected chi connectivity index (χ1v) is 9.50. The zero-order valence-corrected chi connectivity index (χ0v) is 17.7. The highest BCUT2D eigenvalue weighted by Gasteiger charge is 2.47. The zero-order chi connectivity index (χ0) is 19.7. The van der Waals surface area contributed by atoms with Crippen LogP contribution in [0.3, 0.4) is 0 Å². The van der Waals surface area contributed by atoms with Crippen LogP contribution in [0.2, 0.25) is 15.1 Å². The second kappa shape index (κ2) is 7.92. The Bertz CT molecular complexity index is 828. The van der Waals surface area contributed by atoms with Crippen molar-refractivity contribution in [2.45, 2.75) is 33.3 Å². The zero-order valence-electron chi connectivity index (χ0n) is 15.4. The predicted octanol–water partition coefficient (Wildman–Crippen LogP) is 6.31. The van der Waals surface area contributed by atoms with Gasteiger partial charge in [-0.05, 0) is 48.8 Å². The summed E-state index contributed by atoms with van der Waals surface area (Å²) in [7, 11) is 0. The smallest absolute Gasteiger partial charge is 0.119 e. The van der Waals surface area contributed by atoms with Gasteiger partial charge in [-0.15, -0.1) is 0 Å². The lowest BCUT2D eigenvalue weighted by molar-refractivity contribution is -0.0344. The van der Waals surface area contributed by atoms with Crippen molar-refractivity contribution in [2.75, 3.05) is 6.54 Å². The molecule has 2 aromatic carbocycles. The van der Waals surface area contributed by atoms with Gasteiger partial charge >= 0.3 is 0 Å². The Morgan fingerprint density at radius 1 is 1.00 bits per heavy atom. The van der Waals surface area contributed by atoms with Crippen molar-refractivity contribution >= 4 is 40.4 Å². The Labute approximate surface area is 170 Å². The molecule has 0 aliphatic heterocycles. The molecule has 1 atom stereocenters. The van der Waals surface area contributed by atoms with Gasteiger partial charge in [0.25, 0.3) is 0 Å². The summed E-state index contributed by atoms with van der Waals surface area (Å²) in [5.41, 5.74) is 7.17. The van der Waals surface area contributed by atoms with Gasteiger partial charge in [-0.3, -0.25) is 0 Å². The topological polar surface area (TPSA) is 46.2 Å². The molecule has 0 aromatic heterocycles. The molecule has 3 N–H and O–H groups in total. The first-order chi connectivity index (χ1) is 12.1. The summed E-state index contributed by atoms with van der Waals surface area (Å²) in [4.78, 5) is 0. The number of rotatable bonds is 5. The third-order valence-corrected chi connectivity index (χ3v) is 6.28. The number of hydrogen-bond donors (Lipinski definition) is 2. The largest absolute Gasteiger partial charge is 0.380 e. The van der Waals surface area contributed by atoms with E-state index in [1.807, 2.05) is 52.0 Å². The quantitative estimate of drug-likeness (QED) is 0.604. The Hall–Kier alpha value is -1.03. The van der Waals surface area contributed by atoms with Gasteiger partial charge in [-0.2, -0.15) is 0 Å². The van der Waals surface area contributed by atoms with E-state index in [0.717, 1.165) is 16.7 Å². The highest BCUT2D eigenvalue weighted by molar-refractivity contribution is 6.42. The predicted molar refractivity (Wildman–Crippen MR) is 113 cm³/mol. The molecule has 0 aliphatic carbocycles. The lowest BCUT2D eigenvalue weighted by Gasteiger charge is -2.45. The molecule has 2 aromatic rings. The van der Waals surface area contributed by atoms with Crippen molar-refractivity contribution in [3.63, 3.8) is 0 Å². The van der Waals surface area contributed by atoms with Crippen LogP contribution in [-0.2, 0) is 5.60 Å². The fourth-order valence-corrected chi connectivity index (χ4v) is 3.76. The van der Waals surface area contributed by atoms with Crippen LogP contribution in [0, 0.1) is 5.41 Å². The lowest BCUT2D eigenvalue weighted by atomic mass is 9.66. The second-order valence-electron chi connectivity index (χ2n) is 7.16. The van der Waals surface area contributed by atoms with Crippen LogP contribution in [0.15, 0.2) is 48.0 Å². The molecular formula is C21H24Cl3NO. The van der Waals surface area contributed by atoms with Crippen LogP contribution in [0.4, 0.5) is 0 Å². The SMILES string of the molecule is CC(=C(C)C(O)(c1cccc(Cl)c1Cl)C(C)(C)CN)c1ccc(Cl)cc1. The molecule has 0 saturated heterocycles. The number of halogens is 3. The molecule has 1 unspecified atom stereocenters. The summed E-state index contributed by atoms with van der Waals surface area (Å²) in [5.74, 6) is 0. The first-order valence-electron chi connectivity index (χ1n) is 8.37. The van der Waals surface area contributed by atoms with Crippen LogP contribution in [0.5, 0.6) is 0 Å². The van der Waals surface area contributed by atoms with E-state index in [9.17, 15) is 5.11 Å². The molecule has 0 radical (unpaired) electrons. The highest BCUT2D eigenvalue weighted by Crippen LogP contribution is 2.49. The Morgan fingerprint density at radius 2 is 1.58 bits per heavy atom. The van der Waals surface area contributed by atoms with Gasteiger partial charge in [0, 0.05) is 22.5 Å². The molecular weight excluding hydrogens is 389 g/mol. The number of allylic oxidation sites excluding steroid dienone is 1. The summed E-state index contributed by atoms with van der Waals surface area (Å²) >= 11 is 18.7. The minimum atomic E-state index is -1.40. The molecule has 0 amide bonds. The van der Waals surface area contributed by atoms with E-state index in [-0.39, 0.29) is 6.54 Å². The van der Waals surface area contributed by atoms with Crippen molar-refractivity contribution in [2.24, 2.45) is 11.1 Å². The van der Waals surface area contributed by atoms with E-state index in [1.165, 1.54) is 0 Å². The van der Waals surface area contributed by atoms with Crippen molar-refractivity contribution in [3.05, 3.63) is 74.2 Å². The first kappa shape index (κ1) is 21.3. The van der Waals surface area contributed by atoms with E-state index in [4.69, 9.17) is 40.5 Å². The number of nitrogens with two attached hydrogens (primary N) is 1. The molecule has 5 heteroatoms. The minimum absolute atomic E-state index is 0.261. The van der Waals surface area contributed by atoms with Crippen LogP contribution in [-0.4, -0.2) is 11.7 Å². The van der Waals surface area contributed by atoms with Crippen LogP contribution in [0.1, 0.15) is 38.8 Å². The van der Waals surface area contributed by atoms with Gasteiger partial charge in [0.1, 0.15) is 5.60 Å².